The minimum Gasteiger partial charge on any atom is -0.497 e. The number of ether oxygens (including phenoxy) is 1. The van der Waals surface area contributed by atoms with E-state index in [0.29, 0.717) is 29.8 Å². The summed E-state index contributed by atoms with van der Waals surface area (Å²) in [7, 11) is 1.61. The highest BCUT2D eigenvalue weighted by molar-refractivity contribution is 5.81. The van der Waals surface area contributed by atoms with E-state index in [1.54, 1.807) is 19.2 Å². The molecule has 0 unspecified atom stereocenters. The smallest absolute Gasteiger partial charge is 0.336 e. The summed E-state index contributed by atoms with van der Waals surface area (Å²) in [6, 6.07) is 16.4. The number of hydrogen-bond donors (Lipinski definition) is 1. The molecule has 2 N–H and O–H groups in total. The van der Waals surface area contributed by atoms with Gasteiger partial charge in [0.25, 0.3) is 0 Å². The Balaban J connectivity index is 1.87. The summed E-state index contributed by atoms with van der Waals surface area (Å²) in [5, 5.41) is 3.26. The van der Waals surface area contributed by atoms with Crippen molar-refractivity contribution < 1.29 is 14.5 Å². The second kappa shape index (κ2) is 8.40. The fourth-order valence-electron chi connectivity index (χ4n) is 3.53. The predicted molar refractivity (Wildman–Crippen MR) is 108 cm³/mol. The van der Waals surface area contributed by atoms with Gasteiger partial charge in [-0.2, -0.15) is 0 Å². The van der Waals surface area contributed by atoms with Gasteiger partial charge in [-0.15, -0.1) is 0 Å². The van der Waals surface area contributed by atoms with Crippen molar-refractivity contribution in [3.63, 3.8) is 0 Å². The van der Waals surface area contributed by atoms with E-state index in [9.17, 15) is 4.79 Å². The van der Waals surface area contributed by atoms with Crippen molar-refractivity contribution in [3.05, 3.63) is 75.6 Å². The molecular formula is C23H28NO3+. The van der Waals surface area contributed by atoms with Crippen LogP contribution in [0.3, 0.4) is 0 Å². The van der Waals surface area contributed by atoms with E-state index < -0.39 is 0 Å². The van der Waals surface area contributed by atoms with Crippen LogP contribution < -0.4 is 15.7 Å². The van der Waals surface area contributed by atoms with Crippen LogP contribution in [0.1, 0.15) is 43.5 Å². The molecule has 4 nitrogen and oxygen atoms in total. The number of fused-ring (bicyclic) bond motifs is 1. The zero-order valence-electron chi connectivity index (χ0n) is 16.5. The van der Waals surface area contributed by atoms with E-state index in [-0.39, 0.29) is 5.63 Å². The number of methoxy groups -OCH3 is 1. The fourth-order valence-corrected chi connectivity index (χ4v) is 3.53. The largest absolute Gasteiger partial charge is 0.497 e. The highest BCUT2D eigenvalue weighted by Crippen LogP contribution is 2.23. The van der Waals surface area contributed by atoms with Gasteiger partial charge in [0.2, 0.25) is 0 Å². The Bertz CT molecular complexity index is 958. The molecule has 0 amide bonds. The van der Waals surface area contributed by atoms with Crippen LogP contribution in [0, 0.1) is 5.92 Å². The van der Waals surface area contributed by atoms with Crippen molar-refractivity contribution in [3.8, 4) is 5.75 Å². The van der Waals surface area contributed by atoms with Gasteiger partial charge in [0.05, 0.1) is 7.11 Å². The molecule has 142 valence electrons. The summed E-state index contributed by atoms with van der Waals surface area (Å²) in [6.45, 7) is 7.35. The van der Waals surface area contributed by atoms with Gasteiger partial charge < -0.3 is 14.5 Å². The lowest BCUT2D eigenvalue weighted by Gasteiger charge is -2.20. The number of aryl methyl sites for hydroxylation is 1. The minimum absolute atomic E-state index is 0.326. The van der Waals surface area contributed by atoms with E-state index in [4.69, 9.17) is 9.15 Å². The van der Waals surface area contributed by atoms with Gasteiger partial charge in [0.15, 0.2) is 0 Å². The second-order valence-electron chi connectivity index (χ2n) is 7.26. The highest BCUT2D eigenvalue weighted by Gasteiger charge is 2.20. The monoisotopic (exact) mass is 366 g/mol. The van der Waals surface area contributed by atoms with Gasteiger partial charge in [0, 0.05) is 34.6 Å². The molecule has 0 aliphatic heterocycles. The minimum atomic E-state index is -0.326. The molecule has 4 heteroatoms. The first-order valence-corrected chi connectivity index (χ1v) is 9.54. The topological polar surface area (TPSA) is 56.0 Å². The Kier molecular flexibility index (Phi) is 5.97. The number of benzene rings is 2. The van der Waals surface area contributed by atoms with Gasteiger partial charge in [-0.3, -0.25) is 0 Å². The molecule has 0 fully saturated rings. The van der Waals surface area contributed by atoms with Crippen LogP contribution in [0.25, 0.3) is 11.0 Å². The van der Waals surface area contributed by atoms with Gasteiger partial charge in [-0.1, -0.05) is 45.0 Å². The summed E-state index contributed by atoms with van der Waals surface area (Å²) < 4.78 is 10.6. The van der Waals surface area contributed by atoms with Crippen LogP contribution in [-0.2, 0) is 13.0 Å². The first kappa shape index (κ1) is 19.2. The van der Waals surface area contributed by atoms with Gasteiger partial charge in [-0.25, -0.2) is 4.79 Å². The van der Waals surface area contributed by atoms with Crippen LogP contribution in [0.5, 0.6) is 5.75 Å². The molecule has 0 radical (unpaired) electrons. The van der Waals surface area contributed by atoms with E-state index in [2.05, 4.69) is 50.4 Å². The number of nitrogens with two attached hydrogens (primary N) is 1. The van der Waals surface area contributed by atoms with E-state index in [1.807, 2.05) is 12.1 Å². The third-order valence-corrected chi connectivity index (χ3v) is 5.12. The standard InChI is InChI=1S/C23H27NO3/c1-5-16-6-8-17(9-7-16)23(15(2)3)24-14-18-12-22(25)27-21-13-19(26-4)10-11-20(18)21/h6-13,15,23-24H,5,14H2,1-4H3/p+1/t23-/m0/s1. The van der Waals surface area contributed by atoms with Crippen molar-refractivity contribution in [1.82, 2.24) is 0 Å². The molecule has 2 aromatic carbocycles. The van der Waals surface area contributed by atoms with Crippen LogP contribution >= 0.6 is 0 Å². The Morgan fingerprint density at radius 1 is 1.07 bits per heavy atom. The quantitative estimate of drug-likeness (QED) is 0.647. The highest BCUT2D eigenvalue weighted by atomic mass is 16.5. The van der Waals surface area contributed by atoms with E-state index >= 15 is 0 Å². The average molecular weight is 366 g/mol. The lowest BCUT2D eigenvalue weighted by atomic mass is 9.94. The van der Waals surface area contributed by atoms with Crippen molar-refractivity contribution in [2.75, 3.05) is 7.11 Å². The first-order valence-electron chi connectivity index (χ1n) is 9.54. The SMILES string of the molecule is CCc1ccc([C@@H]([NH2+]Cc2cc(=O)oc3cc(OC)ccc23)C(C)C)cc1. The van der Waals surface area contributed by atoms with Gasteiger partial charge in [0.1, 0.15) is 23.9 Å². The molecule has 0 aliphatic carbocycles. The molecule has 0 bridgehead atoms. The molecule has 3 rings (SSSR count). The molecular weight excluding hydrogens is 338 g/mol. The van der Waals surface area contributed by atoms with Crippen LogP contribution in [0.15, 0.2) is 57.7 Å². The zero-order chi connectivity index (χ0) is 19.4. The van der Waals surface area contributed by atoms with Gasteiger partial charge >= 0.3 is 5.63 Å². The van der Waals surface area contributed by atoms with Crippen LogP contribution in [-0.4, -0.2) is 7.11 Å². The first-order chi connectivity index (χ1) is 13.0. The Hall–Kier alpha value is -2.59. The zero-order valence-corrected chi connectivity index (χ0v) is 16.5. The van der Waals surface area contributed by atoms with Crippen molar-refractivity contribution in [2.45, 2.75) is 39.8 Å². The van der Waals surface area contributed by atoms with Crippen molar-refractivity contribution in [1.29, 1.82) is 0 Å². The molecule has 3 aromatic rings. The lowest BCUT2D eigenvalue weighted by molar-refractivity contribution is -0.716. The maximum Gasteiger partial charge on any atom is 0.336 e. The number of quaternary nitrogens is 1. The molecule has 0 saturated heterocycles. The Morgan fingerprint density at radius 3 is 2.44 bits per heavy atom. The normalized spacial score (nSPS) is 12.5. The van der Waals surface area contributed by atoms with Crippen LogP contribution in [0.2, 0.25) is 0 Å². The Labute approximate surface area is 160 Å². The summed E-state index contributed by atoms with van der Waals surface area (Å²) in [5.41, 5.74) is 3.89. The summed E-state index contributed by atoms with van der Waals surface area (Å²) in [5.74, 6) is 1.16. The van der Waals surface area contributed by atoms with Crippen molar-refractivity contribution >= 4 is 11.0 Å². The molecule has 1 aromatic heterocycles. The third kappa shape index (κ3) is 4.40. The van der Waals surface area contributed by atoms with Crippen LogP contribution in [0.4, 0.5) is 0 Å². The number of hydrogen-bond acceptors (Lipinski definition) is 3. The maximum absolute atomic E-state index is 12.0. The third-order valence-electron chi connectivity index (χ3n) is 5.12. The molecule has 1 atom stereocenters. The molecule has 27 heavy (non-hydrogen) atoms. The van der Waals surface area contributed by atoms with E-state index in [0.717, 1.165) is 17.4 Å². The maximum atomic E-state index is 12.0. The predicted octanol–water partition coefficient (Wildman–Crippen LogP) is 3.82. The van der Waals surface area contributed by atoms with E-state index in [1.165, 1.54) is 11.1 Å². The summed E-state index contributed by atoms with van der Waals surface area (Å²) >= 11 is 0. The lowest BCUT2D eigenvalue weighted by Crippen LogP contribution is -2.84. The van der Waals surface area contributed by atoms with Crippen molar-refractivity contribution in [2.24, 2.45) is 5.92 Å². The van der Waals surface area contributed by atoms with Gasteiger partial charge in [-0.05, 0) is 24.1 Å². The Morgan fingerprint density at radius 2 is 1.81 bits per heavy atom. The fraction of sp³-hybridized carbons (Fsp3) is 0.348. The molecule has 0 saturated carbocycles. The summed E-state index contributed by atoms with van der Waals surface area (Å²) in [4.78, 5) is 12.0. The summed E-state index contributed by atoms with van der Waals surface area (Å²) in [6.07, 6.45) is 1.05. The second-order valence-corrected chi connectivity index (χ2v) is 7.26. The number of rotatable bonds is 7. The average Bonchev–Trinajstić information content (AvgIpc) is 2.67. The molecule has 0 spiro atoms. The molecule has 0 aliphatic rings. The molecule has 1 heterocycles.